The molecule has 0 aliphatic carbocycles. The van der Waals surface area contributed by atoms with E-state index < -0.39 is 0 Å². The van der Waals surface area contributed by atoms with E-state index >= 15 is 0 Å². The van der Waals surface area contributed by atoms with Gasteiger partial charge in [0.05, 0.1) is 0 Å². The van der Waals surface area contributed by atoms with Crippen LogP contribution in [-0.4, -0.2) is 11.5 Å². The third-order valence-corrected chi connectivity index (χ3v) is 10.2. The molecule has 0 nitrogen and oxygen atoms in total. The molecule has 1 aromatic rings. The van der Waals surface area contributed by atoms with Crippen LogP contribution in [-0.2, 0) is 0 Å². The molecule has 1 heterocycles. The first-order valence-electron chi connectivity index (χ1n) is 5.58. The van der Waals surface area contributed by atoms with Gasteiger partial charge in [0.15, 0.2) is 0 Å². The van der Waals surface area contributed by atoms with Crippen molar-refractivity contribution >= 4 is 34.4 Å². The Balaban J connectivity index is 1.99. The first kappa shape index (κ1) is 11.8. The van der Waals surface area contributed by atoms with Crippen molar-refractivity contribution in [3.8, 4) is 0 Å². The lowest BCUT2D eigenvalue weighted by atomic mass is 10.2. The molecule has 1 aromatic carbocycles. The van der Waals surface area contributed by atoms with E-state index in [0.29, 0.717) is 0 Å². The SMILES string of the molecule is c1ccc(P2SCCCCCCS2)cc1. The fraction of sp³-hybridized carbons (Fsp3) is 0.500. The van der Waals surface area contributed by atoms with Crippen molar-refractivity contribution in [1.82, 2.24) is 0 Å². The number of hydrogen-bond acceptors (Lipinski definition) is 2. The number of rotatable bonds is 1. The molecule has 1 aliphatic rings. The number of benzene rings is 1. The molecule has 0 atom stereocenters. The van der Waals surface area contributed by atoms with Crippen LogP contribution >= 0.6 is 29.1 Å². The van der Waals surface area contributed by atoms with Gasteiger partial charge in [-0.3, -0.25) is 0 Å². The van der Waals surface area contributed by atoms with Crippen molar-refractivity contribution in [1.29, 1.82) is 0 Å². The highest BCUT2D eigenvalue weighted by Crippen LogP contribution is 2.60. The highest BCUT2D eigenvalue weighted by molar-refractivity contribution is 8.90. The summed E-state index contributed by atoms with van der Waals surface area (Å²) in [6.45, 7) is 0. The highest BCUT2D eigenvalue weighted by Gasteiger charge is 2.13. The summed E-state index contributed by atoms with van der Waals surface area (Å²) in [6.07, 6.45) is 5.71. The van der Waals surface area contributed by atoms with E-state index in [1.165, 1.54) is 37.2 Å². The van der Waals surface area contributed by atoms with Gasteiger partial charge in [0.25, 0.3) is 0 Å². The molecule has 1 saturated heterocycles. The van der Waals surface area contributed by atoms with E-state index in [0.717, 1.165) is 0 Å². The minimum Gasteiger partial charge on any atom is -0.118 e. The first-order chi connectivity index (χ1) is 7.47. The van der Waals surface area contributed by atoms with Crippen LogP contribution < -0.4 is 5.30 Å². The predicted octanol–water partition coefficient (Wildman–Crippen LogP) is 4.66. The lowest BCUT2D eigenvalue weighted by Crippen LogP contribution is -1.95. The Bertz CT molecular complexity index is 266. The van der Waals surface area contributed by atoms with Crippen LogP contribution in [0.25, 0.3) is 0 Å². The van der Waals surface area contributed by atoms with E-state index in [1.54, 1.807) is 5.30 Å². The molecule has 0 aromatic heterocycles. The molecule has 0 N–H and O–H groups in total. The average Bonchev–Trinajstić information content (AvgIpc) is 2.43. The lowest BCUT2D eigenvalue weighted by molar-refractivity contribution is 0.713. The van der Waals surface area contributed by atoms with Crippen LogP contribution in [0.3, 0.4) is 0 Å². The van der Waals surface area contributed by atoms with Crippen LogP contribution in [0.1, 0.15) is 25.7 Å². The Labute approximate surface area is 102 Å². The molecule has 1 aliphatic heterocycles. The summed E-state index contributed by atoms with van der Waals surface area (Å²) in [4.78, 5) is 0. The van der Waals surface area contributed by atoms with E-state index in [9.17, 15) is 0 Å². The summed E-state index contributed by atoms with van der Waals surface area (Å²) in [5, 5.41) is 1.56. The molecule has 15 heavy (non-hydrogen) atoms. The maximum absolute atomic E-state index is 2.30. The minimum absolute atomic E-state index is 0.00579. The summed E-state index contributed by atoms with van der Waals surface area (Å²) in [6, 6.07) is 11.1. The average molecular weight is 256 g/mol. The second-order valence-electron chi connectivity index (χ2n) is 3.67. The third kappa shape index (κ3) is 4.01. The molecule has 0 bridgehead atoms. The third-order valence-electron chi connectivity index (χ3n) is 2.42. The van der Waals surface area contributed by atoms with Crippen molar-refractivity contribution in [2.45, 2.75) is 25.7 Å². The zero-order valence-corrected chi connectivity index (χ0v) is 11.4. The zero-order valence-electron chi connectivity index (χ0n) is 8.89. The van der Waals surface area contributed by atoms with E-state index in [2.05, 4.69) is 53.1 Å². The van der Waals surface area contributed by atoms with Crippen LogP contribution in [0.2, 0.25) is 0 Å². The Hall–Kier alpha value is 0.350. The van der Waals surface area contributed by atoms with Gasteiger partial charge in [-0.1, -0.05) is 43.2 Å². The van der Waals surface area contributed by atoms with Crippen molar-refractivity contribution < 1.29 is 0 Å². The van der Waals surface area contributed by atoms with Crippen molar-refractivity contribution in [2.24, 2.45) is 0 Å². The predicted molar refractivity (Wildman–Crippen MR) is 76.4 cm³/mol. The highest BCUT2D eigenvalue weighted by atomic mass is 33.1. The summed E-state index contributed by atoms with van der Waals surface area (Å²) in [5.74, 6) is 2.71. The quantitative estimate of drug-likeness (QED) is 0.670. The maximum Gasteiger partial charge on any atom is 0.0437 e. The molecule has 0 radical (unpaired) electrons. The van der Waals surface area contributed by atoms with E-state index in [4.69, 9.17) is 0 Å². The van der Waals surface area contributed by atoms with E-state index in [1.807, 2.05) is 0 Å². The standard InChI is InChI=1S/C12H17PS2/c1-2-7-11-15-13(14-10-6-1)12-8-4-3-5-9-12/h3-5,8-9H,1-2,6-7,10-11H2. The second-order valence-corrected chi connectivity index (χ2v) is 10.5. The molecule has 0 saturated carbocycles. The molecule has 1 fully saturated rings. The zero-order chi connectivity index (χ0) is 10.3. The van der Waals surface area contributed by atoms with Gasteiger partial charge in [-0.15, -0.1) is 22.8 Å². The van der Waals surface area contributed by atoms with Gasteiger partial charge in [-0.05, 0) is 29.7 Å². The Morgan fingerprint density at radius 1 is 0.800 bits per heavy atom. The van der Waals surface area contributed by atoms with E-state index in [-0.39, 0.29) is 6.33 Å². The summed E-state index contributed by atoms with van der Waals surface area (Å²) in [5.41, 5.74) is 0. The van der Waals surface area contributed by atoms with Crippen LogP contribution in [0, 0.1) is 0 Å². The molecule has 0 amide bonds. The van der Waals surface area contributed by atoms with Crippen molar-refractivity contribution in [3.05, 3.63) is 30.3 Å². The second kappa shape index (κ2) is 6.83. The first-order valence-corrected chi connectivity index (χ1v) is 10.1. The van der Waals surface area contributed by atoms with Gasteiger partial charge in [-0.25, -0.2) is 0 Å². The molecule has 82 valence electrons. The van der Waals surface area contributed by atoms with Crippen LogP contribution in [0.15, 0.2) is 30.3 Å². The van der Waals surface area contributed by atoms with Crippen molar-refractivity contribution in [2.75, 3.05) is 11.5 Å². The Kier molecular flexibility index (Phi) is 5.38. The van der Waals surface area contributed by atoms with Gasteiger partial charge in [0.2, 0.25) is 0 Å². The largest absolute Gasteiger partial charge is 0.118 e. The Morgan fingerprint density at radius 3 is 2.00 bits per heavy atom. The topological polar surface area (TPSA) is 0 Å². The van der Waals surface area contributed by atoms with Gasteiger partial charge in [0, 0.05) is 6.33 Å². The van der Waals surface area contributed by atoms with Gasteiger partial charge >= 0.3 is 0 Å². The Morgan fingerprint density at radius 2 is 1.40 bits per heavy atom. The minimum atomic E-state index is 0.00579. The molecule has 2 rings (SSSR count). The fourth-order valence-corrected chi connectivity index (χ4v) is 9.01. The maximum atomic E-state index is 2.30. The molecular weight excluding hydrogens is 239 g/mol. The summed E-state index contributed by atoms with van der Waals surface area (Å²) < 4.78 is 0. The molecule has 3 heteroatoms. The van der Waals surface area contributed by atoms with Gasteiger partial charge < -0.3 is 0 Å². The van der Waals surface area contributed by atoms with Gasteiger partial charge in [0.1, 0.15) is 0 Å². The summed E-state index contributed by atoms with van der Waals surface area (Å²) in [7, 11) is 0. The normalized spacial score (nSPS) is 20.3. The van der Waals surface area contributed by atoms with Crippen molar-refractivity contribution in [3.63, 3.8) is 0 Å². The fourth-order valence-electron chi connectivity index (χ4n) is 1.59. The molecule has 0 spiro atoms. The van der Waals surface area contributed by atoms with Gasteiger partial charge in [-0.2, -0.15) is 0 Å². The lowest BCUT2D eigenvalue weighted by Gasteiger charge is -2.14. The number of hydrogen-bond donors (Lipinski definition) is 0. The monoisotopic (exact) mass is 256 g/mol. The summed E-state index contributed by atoms with van der Waals surface area (Å²) >= 11 is 4.38. The molecule has 0 unspecified atom stereocenters. The van der Waals surface area contributed by atoms with Crippen LogP contribution in [0.4, 0.5) is 0 Å². The van der Waals surface area contributed by atoms with Crippen LogP contribution in [0.5, 0.6) is 0 Å². The smallest absolute Gasteiger partial charge is 0.0437 e. The molecular formula is C12H17PS2.